The molecule has 0 aromatic carbocycles. The molecule has 26 atom stereocenters. The molecule has 28 heteroatoms. The molecule has 584 valence electrons. The topological polar surface area (TPSA) is 360 Å². The van der Waals surface area contributed by atoms with Crippen LogP contribution in [0.25, 0.3) is 0 Å². The molecule has 0 radical (unpaired) electrons. The number of fused-ring (bicyclic) bond motifs is 5. The first kappa shape index (κ1) is 79.1. The molecule has 15 aliphatic rings. The van der Waals surface area contributed by atoms with Crippen molar-refractivity contribution in [2.45, 2.75) is 286 Å². The first-order valence-electron chi connectivity index (χ1n) is 37.9. The first-order valence-corrected chi connectivity index (χ1v) is 37.9. The van der Waals surface area contributed by atoms with Crippen LogP contribution >= 0.6 is 0 Å². The minimum Gasteiger partial charge on any atom is -0.469 e. The molecule has 6 saturated carbocycles. The molecule has 0 aromatic rings. The Hall–Kier alpha value is -6.97. The van der Waals surface area contributed by atoms with Crippen LogP contribution in [0.1, 0.15) is 201 Å². The maximum atomic E-state index is 12.3. The van der Waals surface area contributed by atoms with Gasteiger partial charge in [0.1, 0.15) is 79.0 Å². The number of carbonyl (C=O) groups excluding carboxylic acids is 13. The van der Waals surface area contributed by atoms with Crippen molar-refractivity contribution >= 4 is 77.6 Å². The van der Waals surface area contributed by atoms with Gasteiger partial charge in [0.2, 0.25) is 0 Å². The summed E-state index contributed by atoms with van der Waals surface area (Å²) in [4.78, 5) is 155. The van der Waals surface area contributed by atoms with Gasteiger partial charge in [0.25, 0.3) is 0 Å². The molecule has 9 saturated heterocycles. The lowest BCUT2D eigenvalue weighted by molar-refractivity contribution is -0.188. The van der Waals surface area contributed by atoms with Crippen LogP contribution in [-0.4, -0.2) is 182 Å². The van der Waals surface area contributed by atoms with Gasteiger partial charge in [0.05, 0.1) is 64.3 Å². The number of hydrogen-bond acceptors (Lipinski definition) is 28. The Labute approximate surface area is 612 Å². The SMILES string of the molecule is CCC(C)(C)C(=O)OC1(C)C2CC3C(=O)OC1C3C2.CCC(C)(C)C(=O)OC1(C)C2CC3C(=O)OC1C3O2.CCC(C)(C)C(=O)OC1C2OC(=O)C3C2OC1C3C(=O)OC.CCC(C)(C)C(=O)OCC(=O)OC1C2CC3C(=O)OC1C3C2.CCC(C)(C)C(=O)OCCC(=O)OC1C2CC3C(=O)OC1C3C2. The molecule has 26 unspecified atom stereocenters. The molecule has 105 heavy (non-hydrogen) atoms. The van der Waals surface area contributed by atoms with Crippen molar-refractivity contribution in [2.24, 2.45) is 98.1 Å². The van der Waals surface area contributed by atoms with Crippen LogP contribution in [0.5, 0.6) is 0 Å². The van der Waals surface area contributed by atoms with Crippen molar-refractivity contribution in [3.8, 4) is 0 Å². The van der Waals surface area contributed by atoms with E-state index in [0.29, 0.717) is 32.1 Å². The predicted octanol–water partition coefficient (Wildman–Crippen LogP) is 7.50. The summed E-state index contributed by atoms with van der Waals surface area (Å²) in [7, 11) is 1.26. The van der Waals surface area contributed by atoms with Crippen molar-refractivity contribution in [1.82, 2.24) is 0 Å². The number of carbonyl (C=O) groups is 13. The standard InChI is InChI=1S/C17H24O6.C16H22O6.C15H20O7.C15H22O4.C14H20O5/c1-4-17(2,3)16(20)21-6-5-12(18)22-13-9-7-10-11(8-9)15(19)23-14(10)13;1-4-16(2,3)15(19)20-7-11(17)21-12-8-5-9-10(6-8)14(18)22-13(9)12;1-5-15(2,3)14(18)22-11-8-6(12(16)19-4)7-9(20-8)10(11)21-13(7)17;1-5-14(2,3)13(17)19-15(4)8-6-9-10(7-8)12(16)18-11(9)15;1-5-13(2,3)12(16)19-14(4)8-6-7-9(17-8)10(14)18-11(7)15/h9-11,13-14H,4-8H2,1-3H3;8-10,12-13H,4-7H2,1-3H3;6-11H,5H2,1-4H3;8-11H,5-7H2,1-4H3;7-10H,5-6H2,1-4H3. The minimum absolute atomic E-state index is 0.00636. The van der Waals surface area contributed by atoms with Crippen LogP contribution in [0.2, 0.25) is 0 Å². The fraction of sp³-hybridized carbons (Fsp3) is 0.831. The van der Waals surface area contributed by atoms with Crippen LogP contribution < -0.4 is 0 Å². The van der Waals surface area contributed by atoms with Gasteiger partial charge in [0.15, 0.2) is 30.5 Å². The Bertz CT molecular complexity index is 3390. The Balaban J connectivity index is 0.000000131. The van der Waals surface area contributed by atoms with Crippen LogP contribution in [0.4, 0.5) is 0 Å². The van der Waals surface area contributed by atoms with E-state index in [-0.39, 0.29) is 169 Å². The first-order chi connectivity index (χ1) is 49.1. The summed E-state index contributed by atoms with van der Waals surface area (Å²) in [5.41, 5.74) is -4.26. The predicted molar refractivity (Wildman–Crippen MR) is 358 cm³/mol. The molecular weight excluding hydrogens is 1370 g/mol. The summed E-state index contributed by atoms with van der Waals surface area (Å²) in [5.74, 6) is -4.31. The molecule has 0 N–H and O–H groups in total. The van der Waals surface area contributed by atoms with Crippen LogP contribution in [0.15, 0.2) is 0 Å². The Morgan fingerprint density at radius 3 is 1.41 bits per heavy atom. The third kappa shape index (κ3) is 14.1. The van der Waals surface area contributed by atoms with E-state index in [1.807, 2.05) is 90.0 Å². The molecule has 0 amide bonds. The summed E-state index contributed by atoms with van der Waals surface area (Å²) >= 11 is 0. The number of rotatable bonds is 21. The Kier molecular flexibility index (Phi) is 21.7. The van der Waals surface area contributed by atoms with Crippen molar-refractivity contribution in [3.63, 3.8) is 0 Å². The van der Waals surface area contributed by atoms with Gasteiger partial charge in [-0.2, -0.15) is 0 Å². The van der Waals surface area contributed by atoms with Crippen LogP contribution in [0, 0.1) is 98.1 Å². The van der Waals surface area contributed by atoms with E-state index in [0.717, 1.165) is 44.9 Å². The maximum absolute atomic E-state index is 12.3. The average Bonchev–Trinajstić information content (AvgIpc) is 1.57. The minimum atomic E-state index is -0.836. The van der Waals surface area contributed by atoms with E-state index >= 15 is 0 Å². The van der Waals surface area contributed by atoms with Crippen molar-refractivity contribution in [1.29, 1.82) is 0 Å². The monoisotopic (exact) mass is 1480 g/mol. The highest BCUT2D eigenvalue weighted by Gasteiger charge is 2.74. The highest BCUT2D eigenvalue weighted by Crippen LogP contribution is 2.62. The largest absolute Gasteiger partial charge is 0.469 e. The summed E-state index contributed by atoms with van der Waals surface area (Å²) < 4.78 is 81.3. The zero-order valence-corrected chi connectivity index (χ0v) is 63.9. The lowest BCUT2D eigenvalue weighted by atomic mass is 9.78. The van der Waals surface area contributed by atoms with Gasteiger partial charge >= 0.3 is 77.6 Å². The second-order valence-electron chi connectivity index (χ2n) is 35.0. The second kappa shape index (κ2) is 28.9. The van der Waals surface area contributed by atoms with Gasteiger partial charge in [-0.25, -0.2) is 4.79 Å². The number of ether oxygens (including phenoxy) is 15. The molecule has 15 fully saturated rings. The maximum Gasteiger partial charge on any atom is 0.344 e. The zero-order valence-electron chi connectivity index (χ0n) is 63.9. The van der Waals surface area contributed by atoms with Crippen LogP contribution in [-0.2, 0) is 133 Å². The van der Waals surface area contributed by atoms with Crippen molar-refractivity contribution in [3.05, 3.63) is 0 Å². The Morgan fingerprint density at radius 1 is 0.419 bits per heavy atom. The average molecular weight is 1480 g/mol. The smallest absolute Gasteiger partial charge is 0.344 e. The highest BCUT2D eigenvalue weighted by molar-refractivity contribution is 5.88. The van der Waals surface area contributed by atoms with Crippen LogP contribution in [0.3, 0.4) is 0 Å². The lowest BCUT2D eigenvalue weighted by Crippen LogP contribution is -2.52. The molecule has 9 heterocycles. The van der Waals surface area contributed by atoms with E-state index in [2.05, 4.69) is 0 Å². The summed E-state index contributed by atoms with van der Waals surface area (Å²) in [6, 6.07) is 0. The number of esters is 13. The molecule has 9 aliphatic heterocycles. The van der Waals surface area contributed by atoms with E-state index in [9.17, 15) is 62.3 Å². The van der Waals surface area contributed by atoms with Gasteiger partial charge in [-0.3, -0.25) is 57.5 Å². The molecular formula is C77H108O28. The zero-order chi connectivity index (χ0) is 77.1. The molecule has 0 spiro atoms. The number of hydrogen-bond donors (Lipinski definition) is 0. The van der Waals surface area contributed by atoms with Gasteiger partial charge in [0, 0.05) is 35.5 Å². The fourth-order valence-electron chi connectivity index (χ4n) is 17.8. The lowest BCUT2D eigenvalue weighted by Gasteiger charge is -2.38. The van der Waals surface area contributed by atoms with Crippen molar-refractivity contribution in [2.75, 3.05) is 20.3 Å². The normalized spacial score (nSPS) is 38.8. The summed E-state index contributed by atoms with van der Waals surface area (Å²) in [5, 5.41) is 0. The van der Waals surface area contributed by atoms with Gasteiger partial charge in [-0.05, 0) is 160 Å². The summed E-state index contributed by atoms with van der Waals surface area (Å²) in [6.07, 6.45) is 4.03. The van der Waals surface area contributed by atoms with E-state index in [1.54, 1.807) is 27.7 Å². The molecule has 28 nitrogen and oxygen atoms in total. The van der Waals surface area contributed by atoms with Crippen molar-refractivity contribution < 1.29 is 133 Å². The molecule has 15 rings (SSSR count). The third-order valence-corrected chi connectivity index (χ3v) is 26.8. The molecule has 6 aliphatic carbocycles. The highest BCUT2D eigenvalue weighted by atomic mass is 16.7. The van der Waals surface area contributed by atoms with Gasteiger partial charge in [-0.1, -0.05) is 34.6 Å². The Morgan fingerprint density at radius 2 is 0.876 bits per heavy atom. The van der Waals surface area contributed by atoms with E-state index < -0.39 is 110 Å². The van der Waals surface area contributed by atoms with Gasteiger partial charge < -0.3 is 71.1 Å². The fourth-order valence-corrected chi connectivity index (χ4v) is 17.8. The van der Waals surface area contributed by atoms with Gasteiger partial charge in [-0.15, -0.1) is 0 Å². The quantitative estimate of drug-likeness (QED) is 0.0792. The number of methoxy groups -OCH3 is 1. The molecule has 10 bridgehead atoms. The van der Waals surface area contributed by atoms with E-state index in [4.69, 9.17) is 71.1 Å². The third-order valence-electron chi connectivity index (χ3n) is 26.8. The van der Waals surface area contributed by atoms with E-state index in [1.165, 1.54) is 7.11 Å². The summed E-state index contributed by atoms with van der Waals surface area (Å²) in [6.45, 7) is 31.3. The molecule has 0 aromatic heterocycles. The second-order valence-corrected chi connectivity index (χ2v) is 35.0.